The predicted octanol–water partition coefficient (Wildman–Crippen LogP) is 3.26. The number of para-hydroxylation sites is 1. The van der Waals surface area contributed by atoms with Crippen molar-refractivity contribution < 1.29 is 4.79 Å². The van der Waals surface area contributed by atoms with E-state index in [0.29, 0.717) is 12.8 Å². The minimum Gasteiger partial charge on any atom is -0.399 e. The van der Waals surface area contributed by atoms with Crippen molar-refractivity contribution in [3.63, 3.8) is 0 Å². The Morgan fingerprint density at radius 1 is 1.09 bits per heavy atom. The Morgan fingerprint density at radius 3 is 2.41 bits per heavy atom. The standard InChI is InChI=1S/C19H24N2O/c1-14-7-3-4-9-17(14)13-15(2)21-19(22)12-11-16-8-5-6-10-18(16)20/h3-10,15H,11-13,20H2,1-2H3,(H,21,22). The van der Waals surface area contributed by atoms with Crippen LogP contribution >= 0.6 is 0 Å². The highest BCUT2D eigenvalue weighted by molar-refractivity contribution is 5.76. The lowest BCUT2D eigenvalue weighted by Crippen LogP contribution is -2.34. The second kappa shape index (κ2) is 7.64. The van der Waals surface area contributed by atoms with Gasteiger partial charge in [-0.2, -0.15) is 0 Å². The fourth-order valence-electron chi connectivity index (χ4n) is 2.58. The lowest BCUT2D eigenvalue weighted by molar-refractivity contribution is -0.121. The highest BCUT2D eigenvalue weighted by Gasteiger charge is 2.10. The average Bonchev–Trinajstić information content (AvgIpc) is 2.49. The Labute approximate surface area is 132 Å². The minimum atomic E-state index is 0.0735. The molecule has 1 atom stereocenters. The molecule has 22 heavy (non-hydrogen) atoms. The van der Waals surface area contributed by atoms with Crippen LogP contribution in [0.1, 0.15) is 30.0 Å². The maximum absolute atomic E-state index is 12.1. The van der Waals surface area contributed by atoms with Crippen LogP contribution in [0.5, 0.6) is 0 Å². The molecule has 0 saturated heterocycles. The van der Waals surface area contributed by atoms with E-state index in [4.69, 9.17) is 5.73 Å². The fourth-order valence-corrected chi connectivity index (χ4v) is 2.58. The van der Waals surface area contributed by atoms with Gasteiger partial charge in [0.2, 0.25) is 5.91 Å². The number of rotatable bonds is 6. The molecule has 0 saturated carbocycles. The van der Waals surface area contributed by atoms with Gasteiger partial charge in [-0.1, -0.05) is 42.5 Å². The summed E-state index contributed by atoms with van der Waals surface area (Å²) in [7, 11) is 0. The predicted molar refractivity (Wildman–Crippen MR) is 91.7 cm³/mol. The van der Waals surface area contributed by atoms with Gasteiger partial charge in [-0.3, -0.25) is 4.79 Å². The Morgan fingerprint density at radius 2 is 1.73 bits per heavy atom. The van der Waals surface area contributed by atoms with Gasteiger partial charge in [0.1, 0.15) is 0 Å². The third-order valence-electron chi connectivity index (χ3n) is 3.87. The highest BCUT2D eigenvalue weighted by Crippen LogP contribution is 2.13. The molecule has 3 nitrogen and oxygen atoms in total. The lowest BCUT2D eigenvalue weighted by atomic mass is 10.0. The molecule has 116 valence electrons. The smallest absolute Gasteiger partial charge is 0.220 e. The van der Waals surface area contributed by atoms with E-state index in [9.17, 15) is 4.79 Å². The van der Waals surface area contributed by atoms with Crippen LogP contribution in [-0.2, 0) is 17.6 Å². The molecule has 2 aromatic rings. The van der Waals surface area contributed by atoms with E-state index < -0.39 is 0 Å². The van der Waals surface area contributed by atoms with Crippen molar-refractivity contribution >= 4 is 11.6 Å². The van der Waals surface area contributed by atoms with Crippen molar-refractivity contribution in [1.29, 1.82) is 0 Å². The van der Waals surface area contributed by atoms with Gasteiger partial charge in [-0.15, -0.1) is 0 Å². The maximum Gasteiger partial charge on any atom is 0.220 e. The summed E-state index contributed by atoms with van der Waals surface area (Å²) in [5.74, 6) is 0.0735. The third kappa shape index (κ3) is 4.62. The normalized spacial score (nSPS) is 11.9. The SMILES string of the molecule is Cc1ccccc1CC(C)NC(=O)CCc1ccccc1N. The number of benzene rings is 2. The Bertz CT molecular complexity index is 637. The van der Waals surface area contributed by atoms with Crippen molar-refractivity contribution in [2.24, 2.45) is 0 Å². The molecule has 0 fully saturated rings. The number of amides is 1. The van der Waals surface area contributed by atoms with Gasteiger partial charge >= 0.3 is 0 Å². The number of anilines is 1. The fraction of sp³-hybridized carbons (Fsp3) is 0.316. The van der Waals surface area contributed by atoms with E-state index in [-0.39, 0.29) is 11.9 Å². The van der Waals surface area contributed by atoms with Gasteiger partial charge in [0.15, 0.2) is 0 Å². The number of hydrogen-bond donors (Lipinski definition) is 2. The number of aryl methyl sites for hydroxylation is 2. The molecule has 0 aliphatic rings. The number of hydrogen-bond acceptors (Lipinski definition) is 2. The van der Waals surface area contributed by atoms with Crippen LogP contribution in [0.2, 0.25) is 0 Å². The number of carbonyl (C=O) groups is 1. The third-order valence-corrected chi connectivity index (χ3v) is 3.87. The monoisotopic (exact) mass is 296 g/mol. The zero-order valence-corrected chi connectivity index (χ0v) is 13.3. The van der Waals surface area contributed by atoms with Crippen LogP contribution in [0.3, 0.4) is 0 Å². The first-order valence-corrected chi connectivity index (χ1v) is 7.73. The quantitative estimate of drug-likeness (QED) is 0.804. The summed E-state index contributed by atoms with van der Waals surface area (Å²) in [5.41, 5.74) is 10.2. The number of nitrogen functional groups attached to an aromatic ring is 1. The summed E-state index contributed by atoms with van der Waals surface area (Å²) in [6.45, 7) is 4.14. The van der Waals surface area contributed by atoms with Crippen molar-refractivity contribution in [2.75, 3.05) is 5.73 Å². The molecule has 3 N–H and O–H groups in total. The Kier molecular flexibility index (Phi) is 5.59. The van der Waals surface area contributed by atoms with Crippen molar-refractivity contribution in [3.05, 3.63) is 65.2 Å². The first-order valence-electron chi connectivity index (χ1n) is 7.73. The molecule has 2 aromatic carbocycles. The first kappa shape index (κ1) is 16.1. The summed E-state index contributed by atoms with van der Waals surface area (Å²) >= 11 is 0. The largest absolute Gasteiger partial charge is 0.399 e. The molecule has 3 heteroatoms. The molecule has 1 unspecified atom stereocenters. The summed E-state index contributed by atoms with van der Waals surface area (Å²) in [4.78, 5) is 12.1. The summed E-state index contributed by atoms with van der Waals surface area (Å²) in [6, 6.07) is 16.1. The zero-order valence-electron chi connectivity index (χ0n) is 13.3. The molecule has 0 aliphatic heterocycles. The number of nitrogens with two attached hydrogens (primary N) is 1. The van der Waals surface area contributed by atoms with E-state index in [1.165, 1.54) is 11.1 Å². The molecule has 0 spiro atoms. The molecule has 1 amide bonds. The maximum atomic E-state index is 12.1. The summed E-state index contributed by atoms with van der Waals surface area (Å²) < 4.78 is 0. The van der Waals surface area contributed by atoms with E-state index in [1.54, 1.807) is 0 Å². The molecule has 0 bridgehead atoms. The molecule has 0 heterocycles. The van der Waals surface area contributed by atoms with Crippen LogP contribution < -0.4 is 11.1 Å². The highest BCUT2D eigenvalue weighted by atomic mass is 16.1. The summed E-state index contributed by atoms with van der Waals surface area (Å²) in [5, 5.41) is 3.07. The lowest BCUT2D eigenvalue weighted by Gasteiger charge is -2.15. The van der Waals surface area contributed by atoms with Crippen LogP contribution in [0.25, 0.3) is 0 Å². The average molecular weight is 296 g/mol. The molecule has 0 aliphatic carbocycles. The van der Waals surface area contributed by atoms with Gasteiger partial charge in [-0.25, -0.2) is 0 Å². The van der Waals surface area contributed by atoms with Crippen LogP contribution in [0.4, 0.5) is 5.69 Å². The van der Waals surface area contributed by atoms with Gasteiger partial charge in [0.05, 0.1) is 0 Å². The zero-order chi connectivity index (χ0) is 15.9. The van der Waals surface area contributed by atoms with Gasteiger partial charge < -0.3 is 11.1 Å². The van der Waals surface area contributed by atoms with Gasteiger partial charge in [0.25, 0.3) is 0 Å². The second-order valence-electron chi connectivity index (χ2n) is 5.80. The number of nitrogens with one attached hydrogen (secondary N) is 1. The molecular formula is C19H24N2O. The Hall–Kier alpha value is -2.29. The minimum absolute atomic E-state index is 0.0735. The Balaban J connectivity index is 1.82. The van der Waals surface area contributed by atoms with Crippen LogP contribution in [0.15, 0.2) is 48.5 Å². The van der Waals surface area contributed by atoms with Gasteiger partial charge in [0, 0.05) is 18.2 Å². The topological polar surface area (TPSA) is 55.1 Å². The van der Waals surface area contributed by atoms with Crippen molar-refractivity contribution in [3.8, 4) is 0 Å². The van der Waals surface area contributed by atoms with Crippen molar-refractivity contribution in [1.82, 2.24) is 5.32 Å². The van der Waals surface area contributed by atoms with Crippen LogP contribution in [-0.4, -0.2) is 11.9 Å². The molecule has 2 rings (SSSR count). The van der Waals surface area contributed by atoms with Crippen molar-refractivity contribution in [2.45, 2.75) is 39.2 Å². The van der Waals surface area contributed by atoms with E-state index in [1.807, 2.05) is 43.3 Å². The molecule has 0 aromatic heterocycles. The molecular weight excluding hydrogens is 272 g/mol. The van der Waals surface area contributed by atoms with E-state index in [0.717, 1.165) is 17.7 Å². The summed E-state index contributed by atoms with van der Waals surface area (Å²) in [6.07, 6.45) is 1.99. The van der Waals surface area contributed by atoms with Crippen LogP contribution in [0, 0.1) is 6.92 Å². The van der Waals surface area contributed by atoms with E-state index >= 15 is 0 Å². The second-order valence-corrected chi connectivity index (χ2v) is 5.80. The molecule has 0 radical (unpaired) electrons. The number of carbonyl (C=O) groups excluding carboxylic acids is 1. The van der Waals surface area contributed by atoms with E-state index in [2.05, 4.69) is 24.4 Å². The van der Waals surface area contributed by atoms with Gasteiger partial charge in [-0.05, 0) is 49.4 Å². The first-order chi connectivity index (χ1) is 10.6.